The fraction of sp³-hybridized carbons (Fsp3) is 0.706. The van der Waals surface area contributed by atoms with Crippen molar-refractivity contribution in [2.75, 3.05) is 19.6 Å². The summed E-state index contributed by atoms with van der Waals surface area (Å²) in [6.45, 7) is 6.01. The van der Waals surface area contributed by atoms with E-state index in [1.165, 1.54) is 12.8 Å². The quantitative estimate of drug-likeness (QED) is 0.779. The second-order valence-electron chi connectivity index (χ2n) is 7.17. The average Bonchev–Trinajstić information content (AvgIpc) is 3.26. The van der Waals surface area contributed by atoms with Crippen LogP contribution in [0.5, 0.6) is 0 Å². The van der Waals surface area contributed by atoms with Crippen molar-refractivity contribution in [2.24, 2.45) is 10.9 Å². The number of hydrogen-bond donors (Lipinski definition) is 0. The summed E-state index contributed by atoms with van der Waals surface area (Å²) < 4.78 is 26.7. The highest BCUT2D eigenvalue weighted by atomic mass is 19.3. The number of alkyl halides is 2. The van der Waals surface area contributed by atoms with Crippen LogP contribution in [0.15, 0.2) is 28.7 Å². The zero-order valence-electron chi connectivity index (χ0n) is 13.8. The van der Waals surface area contributed by atoms with Crippen molar-refractivity contribution < 1.29 is 8.78 Å². The van der Waals surface area contributed by atoms with E-state index < -0.39 is 5.92 Å². The Hall–Kier alpha value is -1.43. The first-order valence-electron chi connectivity index (χ1n) is 8.61. The molecule has 0 aromatic heterocycles. The number of likely N-dealkylation sites (tertiary alicyclic amines) is 1. The van der Waals surface area contributed by atoms with Crippen molar-refractivity contribution in [3.05, 3.63) is 23.7 Å². The van der Waals surface area contributed by atoms with E-state index >= 15 is 0 Å². The highest BCUT2D eigenvalue weighted by Gasteiger charge is 2.40. The monoisotopic (exact) mass is 322 g/mol. The van der Waals surface area contributed by atoms with Crippen LogP contribution in [0.25, 0.3) is 0 Å². The first-order valence-corrected chi connectivity index (χ1v) is 8.61. The Morgan fingerprint density at radius 3 is 2.61 bits per heavy atom. The average molecular weight is 322 g/mol. The number of hydrogen-bond acceptors (Lipinski definition) is 4. The van der Waals surface area contributed by atoms with Gasteiger partial charge in [0, 0.05) is 50.3 Å². The molecule has 1 aliphatic carbocycles. The van der Waals surface area contributed by atoms with Gasteiger partial charge in [0.15, 0.2) is 0 Å². The summed E-state index contributed by atoms with van der Waals surface area (Å²) in [4.78, 5) is 6.74. The maximum atomic E-state index is 13.3. The Labute approximate surface area is 136 Å². The molecule has 126 valence electrons. The topological polar surface area (TPSA) is 22.1 Å². The van der Waals surface area contributed by atoms with E-state index in [9.17, 15) is 8.78 Å². The van der Waals surface area contributed by atoms with Crippen LogP contribution in [-0.2, 0) is 0 Å². The first-order chi connectivity index (χ1) is 10.9. The van der Waals surface area contributed by atoms with E-state index in [0.717, 1.165) is 29.8 Å². The minimum atomic E-state index is -2.51. The Bertz CT molecular complexity index is 581. The summed E-state index contributed by atoms with van der Waals surface area (Å²) in [5.74, 6) is 0.0659. The number of hydrazine groups is 1. The molecule has 3 heterocycles. The summed E-state index contributed by atoms with van der Waals surface area (Å²) in [6, 6.07) is 0.525. The lowest BCUT2D eigenvalue weighted by atomic mass is 10.1. The molecule has 0 amide bonds. The molecule has 1 atom stereocenters. The van der Waals surface area contributed by atoms with E-state index in [-0.39, 0.29) is 12.8 Å². The molecular formula is C17H24F2N4. The molecule has 0 unspecified atom stereocenters. The van der Waals surface area contributed by atoms with Gasteiger partial charge in [0.2, 0.25) is 0 Å². The van der Waals surface area contributed by atoms with Crippen molar-refractivity contribution in [1.29, 1.82) is 0 Å². The lowest BCUT2D eigenvalue weighted by Crippen LogP contribution is -2.47. The molecular weight excluding hydrogens is 298 g/mol. The Morgan fingerprint density at radius 1 is 1.26 bits per heavy atom. The smallest absolute Gasteiger partial charge is 0.251 e. The third-order valence-corrected chi connectivity index (χ3v) is 5.43. The number of amidine groups is 1. The van der Waals surface area contributed by atoms with Crippen LogP contribution in [0.1, 0.15) is 39.5 Å². The van der Waals surface area contributed by atoms with Gasteiger partial charge in [0.05, 0.1) is 0 Å². The fourth-order valence-electron chi connectivity index (χ4n) is 3.74. The van der Waals surface area contributed by atoms with E-state index in [2.05, 4.69) is 29.9 Å². The molecule has 0 radical (unpaired) electrons. The minimum absolute atomic E-state index is 0.0769. The van der Waals surface area contributed by atoms with Crippen molar-refractivity contribution in [3.63, 3.8) is 0 Å². The first kappa shape index (κ1) is 15.1. The van der Waals surface area contributed by atoms with Crippen molar-refractivity contribution in [1.82, 2.24) is 14.9 Å². The molecule has 4 nitrogen and oxygen atoms in total. The molecule has 6 heteroatoms. The number of piperidine rings is 1. The van der Waals surface area contributed by atoms with Crippen LogP contribution >= 0.6 is 0 Å². The van der Waals surface area contributed by atoms with Gasteiger partial charge in [0.25, 0.3) is 5.92 Å². The molecule has 4 rings (SSSR count). The number of rotatable bonds is 2. The summed E-state index contributed by atoms with van der Waals surface area (Å²) >= 11 is 0. The molecule has 4 aliphatic rings. The van der Waals surface area contributed by atoms with Gasteiger partial charge in [0.1, 0.15) is 11.7 Å². The Kier molecular flexibility index (Phi) is 3.48. The summed E-state index contributed by atoms with van der Waals surface area (Å²) in [6.07, 6.45) is 6.67. The van der Waals surface area contributed by atoms with Gasteiger partial charge in [-0.3, -0.25) is 5.01 Å². The normalized spacial score (nSPS) is 29.0. The number of nitrogens with zero attached hydrogens (tertiary/aromatic N) is 4. The maximum absolute atomic E-state index is 13.3. The van der Waals surface area contributed by atoms with E-state index in [1.807, 2.05) is 11.0 Å². The summed E-state index contributed by atoms with van der Waals surface area (Å²) in [5, 5.41) is 4.58. The Balaban J connectivity index is 1.50. The molecule has 0 aromatic carbocycles. The second kappa shape index (κ2) is 5.30. The maximum Gasteiger partial charge on any atom is 0.251 e. The van der Waals surface area contributed by atoms with Crippen LogP contribution in [0.3, 0.4) is 0 Å². The van der Waals surface area contributed by atoms with Crippen LogP contribution in [0.2, 0.25) is 0 Å². The van der Waals surface area contributed by atoms with Crippen LogP contribution in [0.4, 0.5) is 8.78 Å². The van der Waals surface area contributed by atoms with E-state index in [1.54, 1.807) is 0 Å². The zero-order chi connectivity index (χ0) is 16.2. The highest BCUT2D eigenvalue weighted by molar-refractivity contribution is 5.95. The van der Waals surface area contributed by atoms with Gasteiger partial charge in [-0.05, 0) is 38.7 Å². The summed E-state index contributed by atoms with van der Waals surface area (Å²) in [5.41, 5.74) is 1.13. The van der Waals surface area contributed by atoms with Crippen LogP contribution in [0, 0.1) is 5.92 Å². The molecule has 23 heavy (non-hydrogen) atoms. The van der Waals surface area contributed by atoms with Crippen molar-refractivity contribution in [2.45, 2.75) is 51.5 Å². The molecule has 0 aromatic rings. The lowest BCUT2D eigenvalue weighted by molar-refractivity contribution is -0.0435. The molecule has 0 spiro atoms. The van der Waals surface area contributed by atoms with Gasteiger partial charge >= 0.3 is 0 Å². The van der Waals surface area contributed by atoms with Crippen molar-refractivity contribution >= 4 is 5.84 Å². The van der Waals surface area contributed by atoms with Crippen LogP contribution in [-0.4, -0.2) is 52.4 Å². The van der Waals surface area contributed by atoms with Crippen LogP contribution < -0.4 is 0 Å². The SMILES string of the molecule is CC1=CC(N2CCC(F)(F)CC2)=NC2=CCN([C@@H](C)C3CC3)N12. The van der Waals surface area contributed by atoms with Gasteiger partial charge in [-0.25, -0.2) is 18.8 Å². The molecule has 3 aliphatic heterocycles. The van der Waals surface area contributed by atoms with Crippen molar-refractivity contribution in [3.8, 4) is 0 Å². The molecule has 0 bridgehead atoms. The predicted octanol–water partition coefficient (Wildman–Crippen LogP) is 3.21. The second-order valence-corrected chi connectivity index (χ2v) is 7.17. The number of halogens is 2. The van der Waals surface area contributed by atoms with Gasteiger partial charge in [-0.15, -0.1) is 0 Å². The number of allylic oxidation sites excluding steroid dienone is 1. The third-order valence-electron chi connectivity index (χ3n) is 5.43. The van der Waals surface area contributed by atoms with Gasteiger partial charge in [-0.2, -0.15) is 0 Å². The fourth-order valence-corrected chi connectivity index (χ4v) is 3.74. The van der Waals surface area contributed by atoms with E-state index in [0.29, 0.717) is 19.1 Å². The standard InChI is InChI=1S/C17H24F2N4/c1-12-11-16(21-9-6-17(18,19)7-10-21)20-15-5-8-22(23(12)15)13(2)14-3-4-14/h5,11,13-14H,3-4,6-10H2,1-2H3/t13-/m0/s1. The Morgan fingerprint density at radius 2 is 1.96 bits per heavy atom. The van der Waals surface area contributed by atoms with Gasteiger partial charge in [-0.1, -0.05) is 0 Å². The molecule has 0 N–H and O–H groups in total. The molecule has 1 saturated heterocycles. The largest absolute Gasteiger partial charge is 0.356 e. The predicted molar refractivity (Wildman–Crippen MR) is 85.8 cm³/mol. The zero-order valence-corrected chi connectivity index (χ0v) is 13.8. The highest BCUT2D eigenvalue weighted by Crippen LogP contribution is 2.39. The molecule has 1 saturated carbocycles. The number of aliphatic imine (C=N–C) groups is 1. The third kappa shape index (κ3) is 2.77. The van der Waals surface area contributed by atoms with Gasteiger partial charge < -0.3 is 4.90 Å². The summed E-state index contributed by atoms with van der Waals surface area (Å²) in [7, 11) is 0. The number of fused-ring (bicyclic) bond motifs is 1. The lowest BCUT2D eigenvalue weighted by Gasteiger charge is -2.40. The van der Waals surface area contributed by atoms with E-state index in [4.69, 9.17) is 4.99 Å². The molecule has 2 fully saturated rings. The minimum Gasteiger partial charge on any atom is -0.356 e.